The Hall–Kier alpha value is -1.48. The SMILES string of the molecule is CCc1c2n(c(=O)n(CC(C)C#N)c1=O)CCS2. The van der Waals surface area contributed by atoms with Crippen LogP contribution in [0.4, 0.5) is 0 Å². The molecule has 0 fully saturated rings. The Morgan fingerprint density at radius 2 is 2.22 bits per heavy atom. The smallest absolute Gasteiger partial charge is 0.287 e. The number of rotatable bonds is 3. The van der Waals surface area contributed by atoms with Crippen molar-refractivity contribution in [3.05, 3.63) is 26.4 Å². The van der Waals surface area contributed by atoms with Gasteiger partial charge in [0.05, 0.1) is 17.0 Å². The number of nitrogens with zero attached hydrogens (tertiary/aromatic N) is 3. The van der Waals surface area contributed by atoms with Crippen molar-refractivity contribution in [1.82, 2.24) is 9.13 Å². The van der Waals surface area contributed by atoms with Gasteiger partial charge in [0.1, 0.15) is 0 Å². The molecule has 1 unspecified atom stereocenters. The normalized spacial score (nSPS) is 15.2. The molecule has 0 amide bonds. The summed E-state index contributed by atoms with van der Waals surface area (Å²) in [6.45, 7) is 4.45. The van der Waals surface area contributed by atoms with Crippen molar-refractivity contribution in [2.24, 2.45) is 5.92 Å². The van der Waals surface area contributed by atoms with Crippen molar-refractivity contribution in [1.29, 1.82) is 5.26 Å². The van der Waals surface area contributed by atoms with E-state index in [1.807, 2.05) is 6.92 Å². The molecule has 1 aromatic heterocycles. The van der Waals surface area contributed by atoms with Crippen LogP contribution < -0.4 is 11.2 Å². The molecule has 1 atom stereocenters. The number of aromatic nitrogens is 2. The molecular weight excluding hydrogens is 250 g/mol. The van der Waals surface area contributed by atoms with Gasteiger partial charge in [0.15, 0.2) is 0 Å². The van der Waals surface area contributed by atoms with Crippen LogP contribution in [0.15, 0.2) is 14.6 Å². The van der Waals surface area contributed by atoms with Crippen LogP contribution in [0, 0.1) is 17.2 Å². The first-order valence-corrected chi connectivity index (χ1v) is 6.97. The highest BCUT2D eigenvalue weighted by Crippen LogP contribution is 2.25. The minimum atomic E-state index is -0.340. The molecule has 2 rings (SSSR count). The summed E-state index contributed by atoms with van der Waals surface area (Å²) in [4.78, 5) is 24.5. The van der Waals surface area contributed by atoms with Gasteiger partial charge in [-0.3, -0.25) is 13.9 Å². The molecule has 0 spiro atoms. The fourth-order valence-corrected chi connectivity index (χ4v) is 3.31. The Morgan fingerprint density at radius 3 is 2.83 bits per heavy atom. The van der Waals surface area contributed by atoms with E-state index in [0.717, 1.165) is 10.8 Å². The Kier molecular flexibility index (Phi) is 3.62. The van der Waals surface area contributed by atoms with Crippen molar-refractivity contribution in [3.8, 4) is 6.07 Å². The fourth-order valence-electron chi connectivity index (χ4n) is 2.11. The first kappa shape index (κ1) is 13.0. The number of nitriles is 1. The summed E-state index contributed by atoms with van der Waals surface area (Å²) in [5.74, 6) is 0.493. The maximum absolute atomic E-state index is 12.3. The van der Waals surface area contributed by atoms with Crippen molar-refractivity contribution < 1.29 is 0 Å². The van der Waals surface area contributed by atoms with Gasteiger partial charge >= 0.3 is 5.69 Å². The lowest BCUT2D eigenvalue weighted by molar-refractivity contribution is 0.489. The van der Waals surface area contributed by atoms with E-state index in [1.165, 1.54) is 4.57 Å². The lowest BCUT2D eigenvalue weighted by Gasteiger charge is -2.13. The van der Waals surface area contributed by atoms with Crippen LogP contribution in [0.1, 0.15) is 19.4 Å². The van der Waals surface area contributed by atoms with E-state index in [2.05, 4.69) is 6.07 Å². The molecule has 6 heteroatoms. The van der Waals surface area contributed by atoms with Crippen LogP contribution >= 0.6 is 11.8 Å². The summed E-state index contributed by atoms with van der Waals surface area (Å²) in [6.07, 6.45) is 0.613. The van der Waals surface area contributed by atoms with Crippen molar-refractivity contribution in [3.63, 3.8) is 0 Å². The third-order valence-electron chi connectivity index (χ3n) is 3.05. The number of fused-ring (bicyclic) bond motifs is 1. The van der Waals surface area contributed by atoms with Crippen LogP contribution in [0.3, 0.4) is 0 Å². The molecule has 5 nitrogen and oxygen atoms in total. The van der Waals surface area contributed by atoms with E-state index in [1.54, 1.807) is 23.3 Å². The van der Waals surface area contributed by atoms with Crippen LogP contribution in [-0.2, 0) is 19.5 Å². The Balaban J connectivity index is 2.65. The molecule has 1 aliphatic heterocycles. The van der Waals surface area contributed by atoms with Gasteiger partial charge < -0.3 is 0 Å². The minimum Gasteiger partial charge on any atom is -0.287 e. The largest absolute Gasteiger partial charge is 0.331 e. The van der Waals surface area contributed by atoms with Gasteiger partial charge in [0.2, 0.25) is 0 Å². The van der Waals surface area contributed by atoms with E-state index in [-0.39, 0.29) is 23.7 Å². The summed E-state index contributed by atoms with van der Waals surface area (Å²) < 4.78 is 2.87. The van der Waals surface area contributed by atoms with Crippen LogP contribution in [0.5, 0.6) is 0 Å². The summed E-state index contributed by atoms with van der Waals surface area (Å²) in [6, 6.07) is 2.06. The lowest BCUT2D eigenvalue weighted by Crippen LogP contribution is -2.42. The zero-order chi connectivity index (χ0) is 13.3. The summed E-state index contributed by atoms with van der Waals surface area (Å²) >= 11 is 1.57. The van der Waals surface area contributed by atoms with Crippen LogP contribution in [0.25, 0.3) is 0 Å². The number of hydrogen-bond donors (Lipinski definition) is 0. The van der Waals surface area contributed by atoms with Crippen LogP contribution in [0.2, 0.25) is 0 Å². The fraction of sp³-hybridized carbons (Fsp3) is 0.583. The molecular formula is C12H15N3O2S. The Bertz CT molecular complexity index is 624. The van der Waals surface area contributed by atoms with Crippen molar-refractivity contribution in [2.75, 3.05) is 5.75 Å². The molecule has 96 valence electrons. The van der Waals surface area contributed by atoms with E-state index in [0.29, 0.717) is 18.5 Å². The summed E-state index contributed by atoms with van der Waals surface area (Å²) in [5, 5.41) is 9.63. The molecule has 0 saturated heterocycles. The predicted octanol–water partition coefficient (Wildman–Crippen LogP) is 0.838. The minimum absolute atomic E-state index is 0.173. The maximum Gasteiger partial charge on any atom is 0.331 e. The third-order valence-corrected chi connectivity index (χ3v) is 4.18. The number of hydrogen-bond acceptors (Lipinski definition) is 4. The highest BCUT2D eigenvalue weighted by atomic mass is 32.2. The molecule has 0 bridgehead atoms. The monoisotopic (exact) mass is 265 g/mol. The molecule has 1 aromatic rings. The summed E-state index contributed by atoms with van der Waals surface area (Å²) in [7, 11) is 0. The van der Waals surface area contributed by atoms with E-state index >= 15 is 0 Å². The third kappa shape index (κ3) is 1.99. The van der Waals surface area contributed by atoms with Gasteiger partial charge in [-0.1, -0.05) is 6.92 Å². The first-order valence-electron chi connectivity index (χ1n) is 5.99. The van der Waals surface area contributed by atoms with Gasteiger partial charge in [0.25, 0.3) is 5.56 Å². The van der Waals surface area contributed by atoms with Gasteiger partial charge in [-0.25, -0.2) is 4.79 Å². The average Bonchev–Trinajstić information content (AvgIpc) is 2.84. The van der Waals surface area contributed by atoms with E-state index in [4.69, 9.17) is 5.26 Å². The zero-order valence-corrected chi connectivity index (χ0v) is 11.3. The average molecular weight is 265 g/mol. The van der Waals surface area contributed by atoms with Gasteiger partial charge in [0, 0.05) is 24.4 Å². The second-order valence-corrected chi connectivity index (χ2v) is 5.45. The van der Waals surface area contributed by atoms with E-state index in [9.17, 15) is 9.59 Å². The Labute approximate surface area is 109 Å². The number of thioether (sulfide) groups is 1. The quantitative estimate of drug-likeness (QED) is 0.759. The molecule has 0 N–H and O–H groups in total. The molecule has 0 radical (unpaired) electrons. The van der Waals surface area contributed by atoms with Crippen LogP contribution in [-0.4, -0.2) is 14.9 Å². The van der Waals surface area contributed by atoms with Gasteiger partial charge in [-0.15, -0.1) is 11.8 Å². The standard InChI is InChI=1S/C12H15N3O2S/c1-3-9-10(16)15(7-8(2)6-13)12(17)14-4-5-18-11(9)14/h8H,3-5,7H2,1-2H3. The highest BCUT2D eigenvalue weighted by Gasteiger charge is 2.22. The topological polar surface area (TPSA) is 67.8 Å². The molecule has 0 aliphatic carbocycles. The molecule has 0 saturated carbocycles. The Morgan fingerprint density at radius 1 is 1.50 bits per heavy atom. The second kappa shape index (κ2) is 5.02. The summed E-state index contributed by atoms with van der Waals surface area (Å²) in [5.41, 5.74) is 0.187. The van der Waals surface area contributed by atoms with Gasteiger partial charge in [-0.2, -0.15) is 5.26 Å². The molecule has 18 heavy (non-hydrogen) atoms. The first-order chi connectivity index (χ1) is 8.60. The molecule has 0 aromatic carbocycles. The van der Waals surface area contributed by atoms with Gasteiger partial charge in [-0.05, 0) is 13.3 Å². The highest BCUT2D eigenvalue weighted by molar-refractivity contribution is 7.99. The molecule has 1 aliphatic rings. The molecule has 2 heterocycles. The van der Waals surface area contributed by atoms with Crippen molar-refractivity contribution >= 4 is 11.8 Å². The second-order valence-electron chi connectivity index (χ2n) is 4.37. The van der Waals surface area contributed by atoms with E-state index < -0.39 is 0 Å². The lowest BCUT2D eigenvalue weighted by atomic mass is 10.2. The van der Waals surface area contributed by atoms with Crippen molar-refractivity contribution in [2.45, 2.75) is 38.4 Å². The zero-order valence-electron chi connectivity index (χ0n) is 10.5. The predicted molar refractivity (Wildman–Crippen MR) is 69.8 cm³/mol. The maximum atomic E-state index is 12.3.